The Morgan fingerprint density at radius 2 is 1.84 bits per heavy atom. The Kier molecular flexibility index (Phi) is 5.19. The summed E-state index contributed by atoms with van der Waals surface area (Å²) in [5.74, 6) is 1.48. The second-order valence-corrected chi connectivity index (χ2v) is 6.25. The summed E-state index contributed by atoms with van der Waals surface area (Å²) in [5.41, 5.74) is 1.49. The van der Waals surface area contributed by atoms with Crippen LogP contribution in [0.4, 0.5) is 11.5 Å². The maximum Gasteiger partial charge on any atom is 0.255 e. The normalized spacial score (nSPS) is 20.2. The highest BCUT2D eigenvalue weighted by Crippen LogP contribution is 2.19. The standard InChI is InChI=1S/C19H23N3O3/c1-13-11-22(12-14(2)25-13)19(23)15-4-9-18(20-10-15)21-16-5-7-17(24-3)8-6-16/h4-10,13-14H,11-12H2,1-3H3,(H,20,21)/t13-,14+. The number of pyridine rings is 1. The Hall–Kier alpha value is -2.60. The number of carbonyl (C=O) groups is 1. The van der Waals surface area contributed by atoms with Gasteiger partial charge < -0.3 is 19.7 Å². The van der Waals surface area contributed by atoms with Crippen molar-refractivity contribution in [1.29, 1.82) is 0 Å². The molecule has 1 aromatic carbocycles. The molecule has 2 atom stereocenters. The molecule has 2 aromatic rings. The molecule has 0 bridgehead atoms. The molecule has 6 heteroatoms. The fourth-order valence-electron chi connectivity index (χ4n) is 2.94. The molecule has 1 aliphatic heterocycles. The van der Waals surface area contributed by atoms with E-state index in [2.05, 4.69) is 10.3 Å². The third-order valence-corrected chi connectivity index (χ3v) is 4.08. The molecule has 0 spiro atoms. The maximum atomic E-state index is 12.6. The maximum absolute atomic E-state index is 12.6. The van der Waals surface area contributed by atoms with E-state index in [0.717, 1.165) is 11.4 Å². The van der Waals surface area contributed by atoms with Crippen LogP contribution in [-0.4, -0.2) is 48.2 Å². The Morgan fingerprint density at radius 3 is 2.40 bits per heavy atom. The zero-order valence-corrected chi connectivity index (χ0v) is 14.7. The monoisotopic (exact) mass is 341 g/mol. The highest BCUT2D eigenvalue weighted by Gasteiger charge is 2.26. The number of nitrogens with zero attached hydrogens (tertiary/aromatic N) is 2. The number of methoxy groups -OCH3 is 1. The first-order valence-corrected chi connectivity index (χ1v) is 8.37. The zero-order valence-electron chi connectivity index (χ0n) is 14.7. The van der Waals surface area contributed by atoms with Crippen molar-refractivity contribution < 1.29 is 14.3 Å². The topological polar surface area (TPSA) is 63.7 Å². The summed E-state index contributed by atoms with van der Waals surface area (Å²) in [4.78, 5) is 18.8. The number of rotatable bonds is 4. The number of amides is 1. The predicted octanol–water partition coefficient (Wildman–Crippen LogP) is 3.08. The number of benzene rings is 1. The molecule has 3 rings (SSSR count). The smallest absolute Gasteiger partial charge is 0.255 e. The number of ether oxygens (including phenoxy) is 2. The van der Waals surface area contributed by atoms with Crippen LogP contribution in [0.1, 0.15) is 24.2 Å². The van der Waals surface area contributed by atoms with Gasteiger partial charge in [-0.2, -0.15) is 0 Å². The van der Waals surface area contributed by atoms with Crippen molar-refractivity contribution >= 4 is 17.4 Å². The fraction of sp³-hybridized carbons (Fsp3) is 0.368. The summed E-state index contributed by atoms with van der Waals surface area (Å²) in [6.07, 6.45) is 1.72. The number of carbonyl (C=O) groups excluding carboxylic acids is 1. The first kappa shape index (κ1) is 17.2. The van der Waals surface area contributed by atoms with Crippen LogP contribution in [0, 0.1) is 0 Å². The lowest BCUT2D eigenvalue weighted by atomic mass is 10.2. The third kappa shape index (κ3) is 4.28. The molecule has 2 heterocycles. The van der Waals surface area contributed by atoms with E-state index in [1.54, 1.807) is 19.4 Å². The van der Waals surface area contributed by atoms with Gasteiger partial charge in [-0.1, -0.05) is 0 Å². The van der Waals surface area contributed by atoms with Crippen molar-refractivity contribution in [3.05, 3.63) is 48.2 Å². The third-order valence-electron chi connectivity index (χ3n) is 4.08. The summed E-state index contributed by atoms with van der Waals surface area (Å²) >= 11 is 0. The van der Waals surface area contributed by atoms with E-state index >= 15 is 0 Å². The van der Waals surface area contributed by atoms with Crippen LogP contribution in [-0.2, 0) is 4.74 Å². The molecule has 6 nitrogen and oxygen atoms in total. The SMILES string of the molecule is COc1ccc(Nc2ccc(C(=O)N3C[C@@H](C)O[C@@H](C)C3)cn2)cc1. The van der Waals surface area contributed by atoms with Crippen molar-refractivity contribution in [2.24, 2.45) is 0 Å². The first-order chi connectivity index (χ1) is 12.0. The van der Waals surface area contributed by atoms with Gasteiger partial charge in [0, 0.05) is 25.0 Å². The van der Waals surface area contributed by atoms with Gasteiger partial charge in [0.15, 0.2) is 0 Å². The van der Waals surface area contributed by atoms with E-state index < -0.39 is 0 Å². The quantitative estimate of drug-likeness (QED) is 0.926. The molecule has 0 unspecified atom stereocenters. The molecule has 1 aromatic heterocycles. The molecular weight excluding hydrogens is 318 g/mol. The van der Waals surface area contributed by atoms with Crippen LogP contribution in [0.5, 0.6) is 5.75 Å². The fourth-order valence-corrected chi connectivity index (χ4v) is 2.94. The molecule has 1 saturated heterocycles. The Balaban J connectivity index is 1.65. The largest absolute Gasteiger partial charge is 0.497 e. The molecule has 1 aliphatic rings. The van der Waals surface area contributed by atoms with E-state index in [9.17, 15) is 4.79 Å². The lowest BCUT2D eigenvalue weighted by Crippen LogP contribution is -2.48. The average Bonchev–Trinajstić information content (AvgIpc) is 2.61. The van der Waals surface area contributed by atoms with Gasteiger partial charge in [-0.25, -0.2) is 4.98 Å². The molecular formula is C19H23N3O3. The van der Waals surface area contributed by atoms with Gasteiger partial charge in [0.1, 0.15) is 11.6 Å². The van der Waals surface area contributed by atoms with Crippen LogP contribution < -0.4 is 10.1 Å². The molecule has 0 aliphatic carbocycles. The molecule has 132 valence electrons. The number of hydrogen-bond donors (Lipinski definition) is 1. The van der Waals surface area contributed by atoms with Gasteiger partial charge in [0.05, 0.1) is 24.9 Å². The summed E-state index contributed by atoms with van der Waals surface area (Å²) in [7, 11) is 1.63. The van der Waals surface area contributed by atoms with Gasteiger partial charge in [-0.15, -0.1) is 0 Å². The van der Waals surface area contributed by atoms with Crippen molar-refractivity contribution in [3.8, 4) is 5.75 Å². The predicted molar refractivity (Wildman–Crippen MR) is 96.4 cm³/mol. The molecule has 1 N–H and O–H groups in total. The van der Waals surface area contributed by atoms with E-state index in [-0.39, 0.29) is 18.1 Å². The Labute approximate surface area is 147 Å². The molecule has 1 amide bonds. The summed E-state index contributed by atoms with van der Waals surface area (Å²) in [5, 5.41) is 3.20. The van der Waals surface area contributed by atoms with Crippen LogP contribution >= 0.6 is 0 Å². The lowest BCUT2D eigenvalue weighted by molar-refractivity contribution is -0.0586. The van der Waals surface area contributed by atoms with Gasteiger partial charge in [-0.05, 0) is 50.2 Å². The number of aromatic nitrogens is 1. The van der Waals surface area contributed by atoms with Crippen LogP contribution in [0.15, 0.2) is 42.6 Å². The number of nitrogens with one attached hydrogen (secondary N) is 1. The molecule has 0 saturated carbocycles. The van der Waals surface area contributed by atoms with E-state index in [0.29, 0.717) is 24.5 Å². The summed E-state index contributed by atoms with van der Waals surface area (Å²) in [6, 6.07) is 11.2. The number of anilines is 2. The number of hydrogen-bond acceptors (Lipinski definition) is 5. The average molecular weight is 341 g/mol. The summed E-state index contributed by atoms with van der Waals surface area (Å²) in [6.45, 7) is 5.18. The minimum absolute atomic E-state index is 0.00880. The highest BCUT2D eigenvalue weighted by atomic mass is 16.5. The molecule has 25 heavy (non-hydrogen) atoms. The van der Waals surface area contributed by atoms with Crippen LogP contribution in [0.25, 0.3) is 0 Å². The first-order valence-electron chi connectivity index (χ1n) is 8.37. The zero-order chi connectivity index (χ0) is 17.8. The highest BCUT2D eigenvalue weighted by molar-refractivity contribution is 5.94. The minimum Gasteiger partial charge on any atom is -0.497 e. The van der Waals surface area contributed by atoms with Gasteiger partial charge in [-0.3, -0.25) is 4.79 Å². The van der Waals surface area contributed by atoms with E-state index in [1.165, 1.54) is 0 Å². The van der Waals surface area contributed by atoms with Crippen molar-refractivity contribution in [3.63, 3.8) is 0 Å². The van der Waals surface area contributed by atoms with Crippen molar-refractivity contribution in [2.45, 2.75) is 26.1 Å². The second kappa shape index (κ2) is 7.53. The Morgan fingerprint density at radius 1 is 1.16 bits per heavy atom. The van der Waals surface area contributed by atoms with E-state index in [4.69, 9.17) is 9.47 Å². The van der Waals surface area contributed by atoms with Gasteiger partial charge >= 0.3 is 0 Å². The molecule has 1 fully saturated rings. The second-order valence-electron chi connectivity index (χ2n) is 6.25. The molecule has 0 radical (unpaired) electrons. The van der Waals surface area contributed by atoms with Crippen molar-refractivity contribution in [2.75, 3.05) is 25.5 Å². The van der Waals surface area contributed by atoms with Gasteiger partial charge in [0.2, 0.25) is 0 Å². The number of morpholine rings is 1. The minimum atomic E-state index is -0.00880. The summed E-state index contributed by atoms with van der Waals surface area (Å²) < 4.78 is 10.8. The van der Waals surface area contributed by atoms with E-state index in [1.807, 2.05) is 49.1 Å². The lowest BCUT2D eigenvalue weighted by Gasteiger charge is -2.35. The van der Waals surface area contributed by atoms with Crippen molar-refractivity contribution in [1.82, 2.24) is 9.88 Å². The van der Waals surface area contributed by atoms with Gasteiger partial charge in [0.25, 0.3) is 5.91 Å². The Bertz CT molecular complexity index is 706. The van der Waals surface area contributed by atoms with Crippen LogP contribution in [0.3, 0.4) is 0 Å². The van der Waals surface area contributed by atoms with Crippen LogP contribution in [0.2, 0.25) is 0 Å².